The molecular formula is C14H13Cl2FN2O2. The van der Waals surface area contributed by atoms with Gasteiger partial charge in [0.1, 0.15) is 6.26 Å². The monoisotopic (exact) mass is 330 g/mol. The molecule has 2 aromatic rings. The first-order chi connectivity index (χ1) is 10.1. The lowest BCUT2D eigenvalue weighted by atomic mass is 10.0. The summed E-state index contributed by atoms with van der Waals surface area (Å²) < 4.78 is 25.2. The minimum Gasteiger partial charge on any atom is -0.476 e. The number of aromatic nitrogens is 1. The van der Waals surface area contributed by atoms with E-state index in [4.69, 9.17) is 32.4 Å². The van der Waals surface area contributed by atoms with Crippen molar-refractivity contribution in [3.05, 3.63) is 46.3 Å². The third-order valence-corrected chi connectivity index (χ3v) is 3.93. The van der Waals surface area contributed by atoms with Crippen LogP contribution in [0.3, 0.4) is 0 Å². The minimum atomic E-state index is -0.602. The molecule has 2 atom stereocenters. The van der Waals surface area contributed by atoms with E-state index in [-0.39, 0.29) is 21.7 Å². The van der Waals surface area contributed by atoms with Crippen molar-refractivity contribution < 1.29 is 13.5 Å². The van der Waals surface area contributed by atoms with Crippen molar-refractivity contribution in [1.82, 2.24) is 10.3 Å². The molecule has 0 spiro atoms. The molecule has 1 fully saturated rings. The normalized spacial score (nSPS) is 19.7. The van der Waals surface area contributed by atoms with Crippen LogP contribution in [0.4, 0.5) is 4.39 Å². The molecule has 0 radical (unpaired) electrons. The lowest BCUT2D eigenvalue weighted by Gasteiger charge is -2.22. The van der Waals surface area contributed by atoms with Crippen molar-refractivity contribution in [2.75, 3.05) is 13.1 Å². The smallest absolute Gasteiger partial charge is 0.235 e. The number of rotatable bonds is 4. The molecule has 2 heterocycles. The standard InChI is InChI=1S/C14H13Cl2FN2O2/c15-9-5-10(16)13(11(17)6-9)21-12(8-1-2-18-7-8)14-19-3-4-20-14/h3-6,8,12,18H,1-2,7H2/t8-,12+/m1/s1. The maximum atomic E-state index is 14.0. The Bertz CT molecular complexity index is 592. The number of halogens is 3. The van der Waals surface area contributed by atoms with Gasteiger partial charge in [0.15, 0.2) is 17.7 Å². The highest BCUT2D eigenvalue weighted by molar-refractivity contribution is 6.35. The summed E-state index contributed by atoms with van der Waals surface area (Å²) in [5, 5.41) is 3.59. The van der Waals surface area contributed by atoms with E-state index in [1.165, 1.54) is 24.6 Å². The van der Waals surface area contributed by atoms with Crippen LogP contribution in [0.5, 0.6) is 5.75 Å². The molecule has 0 amide bonds. The van der Waals surface area contributed by atoms with Crippen LogP contribution in [0.2, 0.25) is 10.0 Å². The fourth-order valence-corrected chi connectivity index (χ4v) is 2.94. The molecule has 3 rings (SSSR count). The molecule has 1 aromatic carbocycles. The SMILES string of the molecule is Fc1cc(Cl)cc(Cl)c1O[C@H](c1ncco1)[C@@H]1CCNC1. The summed E-state index contributed by atoms with van der Waals surface area (Å²) >= 11 is 11.8. The zero-order valence-corrected chi connectivity index (χ0v) is 12.5. The number of nitrogens with one attached hydrogen (secondary N) is 1. The van der Waals surface area contributed by atoms with E-state index in [9.17, 15) is 4.39 Å². The van der Waals surface area contributed by atoms with Crippen LogP contribution >= 0.6 is 23.2 Å². The van der Waals surface area contributed by atoms with E-state index in [2.05, 4.69) is 10.3 Å². The van der Waals surface area contributed by atoms with Crippen LogP contribution in [-0.2, 0) is 0 Å². The van der Waals surface area contributed by atoms with Gasteiger partial charge in [-0.1, -0.05) is 23.2 Å². The van der Waals surface area contributed by atoms with Crippen LogP contribution in [0.15, 0.2) is 29.0 Å². The topological polar surface area (TPSA) is 47.3 Å². The predicted molar refractivity (Wildman–Crippen MR) is 77.3 cm³/mol. The number of hydrogen-bond acceptors (Lipinski definition) is 4. The summed E-state index contributed by atoms with van der Waals surface area (Å²) in [4.78, 5) is 4.12. The highest BCUT2D eigenvalue weighted by Gasteiger charge is 2.32. The van der Waals surface area contributed by atoms with E-state index >= 15 is 0 Å². The van der Waals surface area contributed by atoms with Gasteiger partial charge in [0.25, 0.3) is 0 Å². The molecule has 112 valence electrons. The Morgan fingerprint density at radius 1 is 1.43 bits per heavy atom. The van der Waals surface area contributed by atoms with E-state index in [1.54, 1.807) is 0 Å². The molecule has 1 N–H and O–H groups in total. The summed E-state index contributed by atoms with van der Waals surface area (Å²) in [5.74, 6) is -0.0879. The van der Waals surface area contributed by atoms with Crippen LogP contribution in [0.1, 0.15) is 18.4 Å². The van der Waals surface area contributed by atoms with E-state index < -0.39 is 11.9 Å². The largest absolute Gasteiger partial charge is 0.476 e. The molecular weight excluding hydrogens is 318 g/mol. The van der Waals surface area contributed by atoms with Crippen molar-refractivity contribution >= 4 is 23.2 Å². The zero-order chi connectivity index (χ0) is 14.8. The quantitative estimate of drug-likeness (QED) is 0.924. The molecule has 21 heavy (non-hydrogen) atoms. The molecule has 4 nitrogen and oxygen atoms in total. The van der Waals surface area contributed by atoms with Crippen molar-refractivity contribution in [2.45, 2.75) is 12.5 Å². The van der Waals surface area contributed by atoms with Gasteiger partial charge in [-0.3, -0.25) is 0 Å². The zero-order valence-electron chi connectivity index (χ0n) is 11.0. The van der Waals surface area contributed by atoms with Gasteiger partial charge >= 0.3 is 0 Å². The predicted octanol–water partition coefficient (Wildman–Crippen LogP) is 3.85. The molecule has 0 saturated carbocycles. The van der Waals surface area contributed by atoms with Gasteiger partial charge in [-0.05, 0) is 25.1 Å². The molecule has 1 aliphatic heterocycles. The van der Waals surface area contributed by atoms with Gasteiger partial charge in [-0.15, -0.1) is 0 Å². The molecule has 1 aromatic heterocycles. The summed E-state index contributed by atoms with van der Waals surface area (Å²) in [7, 11) is 0. The van der Waals surface area contributed by atoms with Crippen LogP contribution in [-0.4, -0.2) is 18.1 Å². The maximum Gasteiger partial charge on any atom is 0.235 e. The molecule has 7 heteroatoms. The Morgan fingerprint density at radius 2 is 2.29 bits per heavy atom. The van der Waals surface area contributed by atoms with Crippen LogP contribution in [0, 0.1) is 11.7 Å². The lowest BCUT2D eigenvalue weighted by Crippen LogP contribution is -2.22. The summed E-state index contributed by atoms with van der Waals surface area (Å²) in [5.41, 5.74) is 0. The fraction of sp³-hybridized carbons (Fsp3) is 0.357. The third kappa shape index (κ3) is 3.15. The Morgan fingerprint density at radius 3 is 2.90 bits per heavy atom. The van der Waals surface area contributed by atoms with Crippen molar-refractivity contribution in [1.29, 1.82) is 0 Å². The second kappa shape index (κ2) is 6.22. The first-order valence-electron chi connectivity index (χ1n) is 6.56. The Hall–Kier alpha value is -1.30. The minimum absolute atomic E-state index is 0.0313. The number of oxazole rings is 1. The van der Waals surface area contributed by atoms with Crippen molar-refractivity contribution in [2.24, 2.45) is 5.92 Å². The molecule has 0 bridgehead atoms. The van der Waals surface area contributed by atoms with Crippen LogP contribution < -0.4 is 10.1 Å². The lowest BCUT2D eigenvalue weighted by molar-refractivity contribution is 0.109. The highest BCUT2D eigenvalue weighted by Crippen LogP contribution is 2.37. The Labute approximate surface area is 131 Å². The first-order valence-corrected chi connectivity index (χ1v) is 7.32. The molecule has 1 saturated heterocycles. The van der Waals surface area contributed by atoms with Crippen molar-refractivity contribution in [3.8, 4) is 5.75 Å². The van der Waals surface area contributed by atoms with Gasteiger partial charge in [0.2, 0.25) is 5.89 Å². The molecule has 1 aliphatic rings. The summed E-state index contributed by atoms with van der Waals surface area (Å²) in [6.45, 7) is 1.63. The molecule has 0 aliphatic carbocycles. The first kappa shape index (κ1) is 14.6. The second-order valence-corrected chi connectivity index (χ2v) is 5.70. The second-order valence-electron chi connectivity index (χ2n) is 4.86. The Balaban J connectivity index is 1.91. The number of ether oxygens (including phenoxy) is 1. The van der Waals surface area contributed by atoms with Gasteiger partial charge in [0, 0.05) is 17.5 Å². The van der Waals surface area contributed by atoms with Gasteiger partial charge in [0.05, 0.1) is 11.2 Å². The van der Waals surface area contributed by atoms with E-state index in [1.807, 2.05) is 0 Å². The number of benzene rings is 1. The fourth-order valence-electron chi connectivity index (χ4n) is 2.43. The molecule has 0 unspecified atom stereocenters. The van der Waals surface area contributed by atoms with Gasteiger partial charge in [-0.2, -0.15) is 0 Å². The van der Waals surface area contributed by atoms with Crippen molar-refractivity contribution in [3.63, 3.8) is 0 Å². The van der Waals surface area contributed by atoms with Crippen LogP contribution in [0.25, 0.3) is 0 Å². The van der Waals surface area contributed by atoms with Gasteiger partial charge in [-0.25, -0.2) is 9.37 Å². The highest BCUT2D eigenvalue weighted by atomic mass is 35.5. The number of hydrogen-bond donors (Lipinski definition) is 1. The number of nitrogens with zero attached hydrogens (tertiary/aromatic N) is 1. The van der Waals surface area contributed by atoms with E-state index in [0.717, 1.165) is 19.5 Å². The maximum absolute atomic E-state index is 14.0. The third-order valence-electron chi connectivity index (χ3n) is 3.43. The van der Waals surface area contributed by atoms with E-state index in [0.29, 0.717) is 5.89 Å². The summed E-state index contributed by atoms with van der Waals surface area (Å²) in [6.07, 6.45) is 3.39. The average Bonchev–Trinajstić information content (AvgIpc) is 3.11. The van der Waals surface area contributed by atoms with Gasteiger partial charge < -0.3 is 14.5 Å². The average molecular weight is 331 g/mol. The Kier molecular flexibility index (Phi) is 4.33. The summed E-state index contributed by atoms with van der Waals surface area (Å²) in [6, 6.07) is 2.61.